The molecule has 1 aromatic heterocycles. The topological polar surface area (TPSA) is 107 Å². The van der Waals surface area contributed by atoms with Crippen LogP contribution < -0.4 is 15.0 Å². The second-order valence-corrected chi connectivity index (χ2v) is 18.8. The highest BCUT2D eigenvalue weighted by atomic mass is 35.5. The summed E-state index contributed by atoms with van der Waals surface area (Å²) in [4.78, 5) is 25.2. The van der Waals surface area contributed by atoms with E-state index in [1.54, 1.807) is 19.4 Å². The molecule has 2 fully saturated rings. The zero-order valence-corrected chi connectivity index (χ0v) is 37.1. The van der Waals surface area contributed by atoms with Crippen molar-refractivity contribution >= 4 is 84.1 Å². The Balaban J connectivity index is 1.30. The van der Waals surface area contributed by atoms with E-state index >= 15 is 4.79 Å². The number of amides is 1. The molecule has 3 heterocycles. The maximum Gasteiger partial charge on any atom is 0.272 e. The molecule has 7 rings (SSSR count). The van der Waals surface area contributed by atoms with E-state index in [1.165, 1.54) is 0 Å². The monoisotopic (exact) mass is 889 g/mol. The third kappa shape index (κ3) is 9.67. The molecule has 5 aromatic rings. The van der Waals surface area contributed by atoms with Gasteiger partial charge in [0, 0.05) is 76.9 Å². The van der Waals surface area contributed by atoms with Gasteiger partial charge in [-0.3, -0.25) is 9.69 Å². The number of benzene rings is 4. The van der Waals surface area contributed by atoms with Crippen LogP contribution >= 0.6 is 34.8 Å². The molecule has 10 nitrogen and oxygen atoms in total. The fourth-order valence-electron chi connectivity index (χ4n) is 8.33. The van der Waals surface area contributed by atoms with Crippen LogP contribution in [0.3, 0.4) is 0 Å². The molecule has 4 aromatic carbocycles. The first kappa shape index (κ1) is 43.6. The number of fused-ring (bicyclic) bond motifs is 1. The highest BCUT2D eigenvalue weighted by molar-refractivity contribution is 7.91. The lowest BCUT2D eigenvalue weighted by molar-refractivity contribution is 0.102. The number of nitrogens with zero attached hydrogens (tertiary/aromatic N) is 3. The van der Waals surface area contributed by atoms with Crippen LogP contribution in [-0.4, -0.2) is 93.2 Å². The fraction of sp³-hybridized carbons (Fsp3) is 0.326. The summed E-state index contributed by atoms with van der Waals surface area (Å²) in [5.74, 6) is 0.633. The summed E-state index contributed by atoms with van der Waals surface area (Å²) in [7, 11) is -1.35. The summed E-state index contributed by atoms with van der Waals surface area (Å²) in [6, 6.07) is 26.8. The Hall–Kier alpha value is -4.49. The first-order valence-corrected chi connectivity index (χ1v) is 23.0. The maximum absolute atomic E-state index is 15.1. The number of allylic oxidation sites excluding steroid dienone is 1. The molecule has 0 spiro atoms. The van der Waals surface area contributed by atoms with Gasteiger partial charge in [-0.15, -0.1) is 0 Å². The maximum atomic E-state index is 15.1. The molecule has 2 aliphatic heterocycles. The number of carbonyl (C=O) groups is 1. The van der Waals surface area contributed by atoms with Crippen LogP contribution in [0.15, 0.2) is 97.7 Å². The molecule has 0 aliphatic carbocycles. The zero-order chi connectivity index (χ0) is 42.6. The van der Waals surface area contributed by atoms with E-state index in [4.69, 9.17) is 44.3 Å². The molecule has 1 unspecified atom stereocenters. The van der Waals surface area contributed by atoms with Crippen molar-refractivity contribution in [1.29, 1.82) is 0 Å². The van der Waals surface area contributed by atoms with Gasteiger partial charge in [-0.05, 0) is 86.0 Å². The summed E-state index contributed by atoms with van der Waals surface area (Å²) in [5.41, 5.74) is 6.57. The number of rotatable bonds is 14. The van der Waals surface area contributed by atoms with Gasteiger partial charge in [0.2, 0.25) is 0 Å². The second-order valence-electron chi connectivity index (χ2n) is 15.2. The number of halogens is 3. The number of hydrogen-bond acceptors (Lipinski definition) is 8. The Kier molecular flexibility index (Phi) is 13.8. The van der Waals surface area contributed by atoms with Crippen molar-refractivity contribution in [3.05, 3.63) is 135 Å². The molecule has 0 saturated carbocycles. The Bertz CT molecular complexity index is 2490. The minimum atomic E-state index is -2.97. The Labute approximate surface area is 367 Å². The number of H-pyrrole nitrogens is 1. The largest absolute Gasteiger partial charge is 0.491 e. The van der Waals surface area contributed by atoms with Gasteiger partial charge in [0.15, 0.2) is 9.84 Å². The standard InChI is InChI=1S/C46H50Cl3N5O5S/c1-5-54(31(3)37-14-11-33(47)27-39(37)49)45(30(2)32-9-7-6-8-10-32)43-38-15-12-34(48)28-40(38)50-44(43)46(55)51-41-29-36(59-24-23-58-4)13-16-42(41)53-19-17-35(18-20-53)52-21-25-60(56,57)26-22-52/h5-16,27-29,31,35,50H,1,17-26H2,2-4H3,(H,51,55)/b45-30+. The van der Waals surface area contributed by atoms with Crippen molar-refractivity contribution in [2.75, 3.05) is 68.2 Å². The van der Waals surface area contributed by atoms with E-state index < -0.39 is 9.84 Å². The number of hydrogen-bond donors (Lipinski definition) is 2. The summed E-state index contributed by atoms with van der Waals surface area (Å²) >= 11 is 19.8. The van der Waals surface area contributed by atoms with Gasteiger partial charge in [0.1, 0.15) is 18.1 Å². The molecule has 2 saturated heterocycles. The minimum Gasteiger partial charge on any atom is -0.491 e. The van der Waals surface area contributed by atoms with E-state index in [0.29, 0.717) is 75.6 Å². The minimum absolute atomic E-state index is 0.204. The number of aromatic amines is 1. The number of anilines is 2. The molecule has 0 bridgehead atoms. The van der Waals surface area contributed by atoms with Gasteiger partial charge in [0.25, 0.3) is 5.91 Å². The SMILES string of the molecule is C=CN(/C(=C(\C)c1ccccc1)c1c(C(=O)Nc2cc(OCCOC)ccc2N2CCC(N3CCS(=O)(=O)CC3)CC2)[nH]c2cc(Cl)ccc12)C(C)c1ccc(Cl)cc1Cl. The number of sulfone groups is 1. The van der Waals surface area contributed by atoms with E-state index in [-0.39, 0.29) is 23.5 Å². The van der Waals surface area contributed by atoms with Crippen molar-refractivity contribution in [3.8, 4) is 5.75 Å². The number of carbonyl (C=O) groups excluding carboxylic acids is 1. The molecule has 1 amide bonds. The number of piperidine rings is 1. The van der Waals surface area contributed by atoms with Crippen LogP contribution in [0.25, 0.3) is 22.2 Å². The van der Waals surface area contributed by atoms with Crippen molar-refractivity contribution in [2.45, 2.75) is 38.8 Å². The summed E-state index contributed by atoms with van der Waals surface area (Å²) in [6.07, 6.45) is 3.50. The van der Waals surface area contributed by atoms with E-state index in [9.17, 15) is 8.42 Å². The van der Waals surface area contributed by atoms with Gasteiger partial charge in [-0.25, -0.2) is 8.42 Å². The summed E-state index contributed by atoms with van der Waals surface area (Å²) in [6.45, 7) is 11.7. The second kappa shape index (κ2) is 19.1. The molecule has 60 heavy (non-hydrogen) atoms. The van der Waals surface area contributed by atoms with Crippen molar-refractivity contribution in [2.24, 2.45) is 0 Å². The quantitative estimate of drug-likeness (QED) is 0.106. The third-order valence-corrected chi connectivity index (χ3v) is 14.0. The first-order valence-electron chi connectivity index (χ1n) is 20.1. The molecule has 2 aliphatic rings. The highest BCUT2D eigenvalue weighted by Gasteiger charge is 2.32. The fourth-order valence-corrected chi connectivity index (χ4v) is 10.3. The Morgan fingerprint density at radius 3 is 2.33 bits per heavy atom. The average molecular weight is 891 g/mol. The zero-order valence-electron chi connectivity index (χ0n) is 34.0. The lowest BCUT2D eigenvalue weighted by Crippen LogP contribution is -2.50. The van der Waals surface area contributed by atoms with Crippen molar-refractivity contribution in [3.63, 3.8) is 0 Å². The molecule has 316 valence electrons. The van der Waals surface area contributed by atoms with Crippen LogP contribution in [0.4, 0.5) is 11.4 Å². The van der Waals surface area contributed by atoms with Gasteiger partial charge in [0.05, 0.1) is 41.2 Å². The molecule has 2 N–H and O–H groups in total. The number of ether oxygens (including phenoxy) is 2. The van der Waals surface area contributed by atoms with Crippen LogP contribution in [-0.2, 0) is 14.6 Å². The highest BCUT2D eigenvalue weighted by Crippen LogP contribution is 2.43. The molecular weight excluding hydrogens is 841 g/mol. The van der Waals surface area contributed by atoms with Crippen molar-refractivity contribution in [1.82, 2.24) is 14.8 Å². The van der Waals surface area contributed by atoms with Crippen LogP contribution in [0, 0.1) is 0 Å². The van der Waals surface area contributed by atoms with Crippen LogP contribution in [0.5, 0.6) is 5.75 Å². The lowest BCUT2D eigenvalue weighted by atomic mass is 9.95. The van der Waals surface area contributed by atoms with E-state index in [0.717, 1.165) is 59.4 Å². The van der Waals surface area contributed by atoms with Crippen LogP contribution in [0.2, 0.25) is 15.1 Å². The molecule has 1 atom stereocenters. The summed E-state index contributed by atoms with van der Waals surface area (Å²) in [5, 5.41) is 5.64. The molecular formula is C46H50Cl3N5O5S. The van der Waals surface area contributed by atoms with Crippen LogP contribution in [0.1, 0.15) is 59.9 Å². The summed E-state index contributed by atoms with van der Waals surface area (Å²) < 4.78 is 35.5. The van der Waals surface area contributed by atoms with Crippen molar-refractivity contribution < 1.29 is 22.7 Å². The Morgan fingerprint density at radius 2 is 1.65 bits per heavy atom. The van der Waals surface area contributed by atoms with Gasteiger partial charge >= 0.3 is 0 Å². The van der Waals surface area contributed by atoms with E-state index in [2.05, 4.69) is 26.7 Å². The normalized spacial score (nSPS) is 16.9. The number of aromatic nitrogens is 1. The number of methoxy groups -OCH3 is 1. The van der Waals surface area contributed by atoms with Gasteiger partial charge in [-0.2, -0.15) is 0 Å². The first-order chi connectivity index (χ1) is 28.9. The molecule has 14 heteroatoms. The van der Waals surface area contributed by atoms with Gasteiger partial charge < -0.3 is 29.6 Å². The van der Waals surface area contributed by atoms with E-state index in [1.807, 2.05) is 97.6 Å². The average Bonchev–Trinajstić information content (AvgIpc) is 3.61. The Morgan fingerprint density at radius 1 is 0.950 bits per heavy atom. The molecule has 0 radical (unpaired) electrons. The third-order valence-electron chi connectivity index (χ3n) is 11.5. The predicted molar refractivity (Wildman–Crippen MR) is 246 cm³/mol. The predicted octanol–water partition coefficient (Wildman–Crippen LogP) is 10.2. The smallest absolute Gasteiger partial charge is 0.272 e. The lowest BCUT2D eigenvalue weighted by Gasteiger charge is -2.41. The van der Waals surface area contributed by atoms with Gasteiger partial charge in [-0.1, -0.05) is 83.8 Å². The number of nitrogens with one attached hydrogen (secondary N) is 2.